The molecular weight excluding hydrogens is 516 g/mol. The number of piperazine rings is 1. The van der Waals surface area contributed by atoms with E-state index in [9.17, 15) is 9.59 Å². The Balaban J connectivity index is 0.929. The van der Waals surface area contributed by atoms with Gasteiger partial charge in [0.15, 0.2) is 0 Å². The predicted octanol–water partition coefficient (Wildman–Crippen LogP) is 2.50. The van der Waals surface area contributed by atoms with E-state index in [0.29, 0.717) is 63.4 Å². The van der Waals surface area contributed by atoms with Crippen molar-refractivity contribution in [2.45, 2.75) is 51.1 Å². The molecule has 1 aromatic carbocycles. The average molecular weight is 553 g/mol. The Morgan fingerprint density at radius 2 is 1.73 bits per heavy atom. The van der Waals surface area contributed by atoms with E-state index in [4.69, 9.17) is 10.5 Å². The molecule has 1 aliphatic heterocycles. The van der Waals surface area contributed by atoms with Crippen molar-refractivity contribution in [3.63, 3.8) is 0 Å². The molecule has 2 atom stereocenters. The van der Waals surface area contributed by atoms with Gasteiger partial charge in [0, 0.05) is 63.1 Å². The van der Waals surface area contributed by atoms with Crippen LogP contribution in [0.25, 0.3) is 11.3 Å². The molecule has 10 nitrogen and oxygen atoms in total. The van der Waals surface area contributed by atoms with E-state index < -0.39 is 0 Å². The fourth-order valence-electron chi connectivity index (χ4n) is 6.00. The number of fused-ring (bicyclic) bond motifs is 3. The number of rotatable bonds is 8. The maximum atomic E-state index is 13.1. The molecule has 2 amide bonds. The van der Waals surface area contributed by atoms with E-state index >= 15 is 0 Å². The number of amides is 2. The molecule has 2 N–H and O–H groups in total. The number of carbonyl (C=O) groups is 2. The predicted molar refractivity (Wildman–Crippen MR) is 155 cm³/mol. The molecular formula is C31H36N8O2. The van der Waals surface area contributed by atoms with Gasteiger partial charge in [-0.25, -0.2) is 14.6 Å². The fraction of sp³-hybridized carbons (Fsp3) is 0.419. The van der Waals surface area contributed by atoms with E-state index in [1.807, 2.05) is 29.2 Å². The van der Waals surface area contributed by atoms with Gasteiger partial charge in [0.05, 0.1) is 11.6 Å². The van der Waals surface area contributed by atoms with Gasteiger partial charge in [-0.1, -0.05) is 36.4 Å². The van der Waals surface area contributed by atoms with Crippen LogP contribution in [-0.2, 0) is 29.0 Å². The van der Waals surface area contributed by atoms with Crippen molar-refractivity contribution in [3.8, 4) is 11.3 Å². The van der Waals surface area contributed by atoms with Gasteiger partial charge in [-0.2, -0.15) is 5.10 Å². The lowest BCUT2D eigenvalue weighted by Gasteiger charge is -2.35. The third-order valence-corrected chi connectivity index (χ3v) is 8.25. The van der Waals surface area contributed by atoms with E-state index in [-0.39, 0.29) is 23.8 Å². The zero-order valence-corrected chi connectivity index (χ0v) is 23.2. The maximum Gasteiger partial charge on any atom is 0.229 e. The Hall–Kier alpha value is -4.34. The Morgan fingerprint density at radius 1 is 0.951 bits per heavy atom. The summed E-state index contributed by atoms with van der Waals surface area (Å²) in [5, 5.41) is 16.3. The SMILES string of the molecule is N=c1cc2c(nn1CCCCC(=O)N[C@@H]1C=CC(C(=O)N3CCN(c4ncccn4)CC3)C1)-c1ccccc1CC2. The van der Waals surface area contributed by atoms with Crippen molar-refractivity contribution < 1.29 is 9.59 Å². The lowest BCUT2D eigenvalue weighted by atomic mass is 9.89. The molecule has 3 aliphatic rings. The summed E-state index contributed by atoms with van der Waals surface area (Å²) in [5.74, 6) is 0.612. The highest BCUT2D eigenvalue weighted by Crippen LogP contribution is 2.30. The number of aromatic nitrogens is 4. The smallest absolute Gasteiger partial charge is 0.229 e. The summed E-state index contributed by atoms with van der Waals surface area (Å²) < 4.78 is 1.75. The zero-order valence-electron chi connectivity index (χ0n) is 23.2. The molecule has 6 rings (SSSR count). The second-order valence-electron chi connectivity index (χ2n) is 11.0. The first-order valence-corrected chi connectivity index (χ1v) is 14.6. The van der Waals surface area contributed by atoms with Crippen molar-refractivity contribution in [1.29, 1.82) is 5.41 Å². The molecule has 2 aromatic heterocycles. The van der Waals surface area contributed by atoms with Crippen LogP contribution in [0.2, 0.25) is 0 Å². The van der Waals surface area contributed by atoms with Crippen LogP contribution in [0, 0.1) is 11.3 Å². The van der Waals surface area contributed by atoms with Crippen LogP contribution in [0.3, 0.4) is 0 Å². The Morgan fingerprint density at radius 3 is 2.56 bits per heavy atom. The summed E-state index contributed by atoms with van der Waals surface area (Å²) in [6, 6.07) is 12.0. The monoisotopic (exact) mass is 552 g/mol. The second-order valence-corrected chi connectivity index (χ2v) is 11.0. The molecule has 1 saturated heterocycles. The first kappa shape index (κ1) is 26.9. The van der Waals surface area contributed by atoms with Crippen molar-refractivity contribution >= 4 is 17.8 Å². The summed E-state index contributed by atoms with van der Waals surface area (Å²) in [6.45, 7) is 3.30. The lowest BCUT2D eigenvalue weighted by Crippen LogP contribution is -2.50. The number of hydrogen-bond donors (Lipinski definition) is 2. The Labute approximate surface area is 239 Å². The number of benzene rings is 1. The zero-order chi connectivity index (χ0) is 28.2. The van der Waals surface area contributed by atoms with Crippen molar-refractivity contribution in [2.75, 3.05) is 31.1 Å². The second kappa shape index (κ2) is 12.0. The van der Waals surface area contributed by atoms with Gasteiger partial charge in [-0.3, -0.25) is 15.0 Å². The molecule has 212 valence electrons. The Bertz CT molecular complexity index is 1490. The minimum Gasteiger partial charge on any atom is -0.350 e. The molecule has 0 spiro atoms. The van der Waals surface area contributed by atoms with Crippen LogP contribution in [0.15, 0.2) is 60.9 Å². The highest BCUT2D eigenvalue weighted by atomic mass is 16.2. The summed E-state index contributed by atoms with van der Waals surface area (Å²) in [6.07, 6.45) is 11.7. The fourth-order valence-corrected chi connectivity index (χ4v) is 6.00. The highest BCUT2D eigenvalue weighted by Gasteiger charge is 2.31. The lowest BCUT2D eigenvalue weighted by molar-refractivity contribution is -0.134. The molecule has 0 radical (unpaired) electrons. The number of nitrogens with zero attached hydrogens (tertiary/aromatic N) is 6. The molecule has 3 heterocycles. The minimum atomic E-state index is -0.202. The van der Waals surface area contributed by atoms with Crippen LogP contribution in [0.1, 0.15) is 36.8 Å². The summed E-state index contributed by atoms with van der Waals surface area (Å²) >= 11 is 0. The number of aryl methyl sites for hydroxylation is 3. The van der Waals surface area contributed by atoms with Crippen LogP contribution >= 0.6 is 0 Å². The standard InChI is InChI=1S/C31H36N8O2/c32-27-21-23-10-9-22-6-1-2-7-26(22)29(23)36-39(27)15-4-3-8-28(40)35-25-12-11-24(20-25)30(41)37-16-18-38(19-17-37)31-33-13-5-14-34-31/h1-2,5-7,11-14,21,24-25,32H,3-4,8-10,15-20H2,(H,35,40)/t24?,25-/m1/s1. The number of hydrogen-bond acceptors (Lipinski definition) is 7. The van der Waals surface area contributed by atoms with Crippen LogP contribution in [0.4, 0.5) is 5.95 Å². The summed E-state index contributed by atoms with van der Waals surface area (Å²) in [4.78, 5) is 38.3. The third-order valence-electron chi connectivity index (χ3n) is 8.25. The van der Waals surface area contributed by atoms with Gasteiger partial charge >= 0.3 is 0 Å². The van der Waals surface area contributed by atoms with E-state index in [2.05, 4.69) is 38.4 Å². The van der Waals surface area contributed by atoms with Crippen LogP contribution in [0.5, 0.6) is 0 Å². The summed E-state index contributed by atoms with van der Waals surface area (Å²) in [5.41, 5.74) is 4.99. The first-order valence-electron chi connectivity index (χ1n) is 14.6. The highest BCUT2D eigenvalue weighted by molar-refractivity contribution is 5.82. The topological polar surface area (TPSA) is 120 Å². The molecule has 10 heteroatoms. The third kappa shape index (κ3) is 6.06. The molecule has 3 aromatic rings. The first-order chi connectivity index (χ1) is 20.0. The maximum absolute atomic E-state index is 13.1. The van der Waals surface area contributed by atoms with E-state index in [1.165, 1.54) is 5.56 Å². The average Bonchev–Trinajstić information content (AvgIpc) is 3.48. The van der Waals surface area contributed by atoms with Gasteiger partial charge in [0.1, 0.15) is 5.49 Å². The quantitative estimate of drug-likeness (QED) is 0.327. The van der Waals surface area contributed by atoms with Gasteiger partial charge in [-0.05, 0) is 55.4 Å². The summed E-state index contributed by atoms with van der Waals surface area (Å²) in [7, 11) is 0. The number of anilines is 1. The number of unbranched alkanes of at least 4 members (excludes halogenated alkanes) is 1. The number of carbonyl (C=O) groups excluding carboxylic acids is 2. The van der Waals surface area contributed by atoms with Crippen LogP contribution < -0.4 is 15.7 Å². The molecule has 1 unspecified atom stereocenters. The van der Waals surface area contributed by atoms with Crippen LogP contribution in [-0.4, -0.2) is 68.7 Å². The van der Waals surface area contributed by atoms with Crippen molar-refractivity contribution in [1.82, 2.24) is 30.0 Å². The van der Waals surface area contributed by atoms with Gasteiger partial charge in [0.25, 0.3) is 0 Å². The van der Waals surface area contributed by atoms with Crippen molar-refractivity contribution in [2.24, 2.45) is 5.92 Å². The molecule has 0 bridgehead atoms. The van der Waals surface area contributed by atoms with Gasteiger partial charge in [0.2, 0.25) is 17.8 Å². The van der Waals surface area contributed by atoms with E-state index in [1.54, 1.807) is 23.1 Å². The van der Waals surface area contributed by atoms with Gasteiger partial charge < -0.3 is 15.1 Å². The van der Waals surface area contributed by atoms with Crippen molar-refractivity contribution in [3.05, 3.63) is 77.6 Å². The Kier molecular flexibility index (Phi) is 7.89. The molecule has 41 heavy (non-hydrogen) atoms. The molecule has 0 saturated carbocycles. The molecule has 1 fully saturated rings. The largest absolute Gasteiger partial charge is 0.350 e. The van der Waals surface area contributed by atoms with Gasteiger partial charge in [-0.15, -0.1) is 0 Å². The molecule has 2 aliphatic carbocycles. The van der Waals surface area contributed by atoms with E-state index in [0.717, 1.165) is 36.1 Å². The number of nitrogens with one attached hydrogen (secondary N) is 2. The normalized spacial score (nSPS) is 19.5. The minimum absolute atomic E-state index is 0.00681.